The summed E-state index contributed by atoms with van der Waals surface area (Å²) in [4.78, 5) is 23.9. The van der Waals surface area contributed by atoms with Gasteiger partial charge in [0.2, 0.25) is 0 Å². The lowest BCUT2D eigenvalue weighted by Crippen LogP contribution is -2.39. The van der Waals surface area contributed by atoms with Gasteiger partial charge >= 0.3 is 5.97 Å². The summed E-state index contributed by atoms with van der Waals surface area (Å²) in [5, 5.41) is 0. The maximum Gasteiger partial charge on any atom is 0.308 e. The molecule has 2 fully saturated rings. The molecule has 0 aromatic heterocycles. The summed E-state index contributed by atoms with van der Waals surface area (Å²) < 4.78 is 5.11. The molecule has 0 aromatic carbocycles. The van der Waals surface area contributed by atoms with Gasteiger partial charge in [-0.2, -0.15) is 0 Å². The van der Waals surface area contributed by atoms with Crippen LogP contribution in [0, 0.1) is 17.3 Å². The van der Waals surface area contributed by atoms with E-state index in [0.717, 1.165) is 44.9 Å². The molecule has 2 aliphatic rings. The van der Waals surface area contributed by atoms with Crippen molar-refractivity contribution in [2.45, 2.75) is 65.2 Å². The molecule has 3 nitrogen and oxygen atoms in total. The second-order valence-electron chi connectivity index (χ2n) is 6.45. The minimum atomic E-state index is -0.0421. The molecule has 3 heteroatoms. The van der Waals surface area contributed by atoms with E-state index in [1.165, 1.54) is 6.42 Å². The first-order chi connectivity index (χ1) is 9.07. The molecular formula is C16H26O3. The van der Waals surface area contributed by atoms with E-state index >= 15 is 0 Å². The summed E-state index contributed by atoms with van der Waals surface area (Å²) in [6.45, 7) is 4.57. The number of hydrogen-bond acceptors (Lipinski definition) is 3. The fraction of sp³-hybridized carbons (Fsp3) is 0.875. The van der Waals surface area contributed by atoms with Crippen LogP contribution in [0.2, 0.25) is 0 Å². The van der Waals surface area contributed by atoms with Crippen LogP contribution in [0.1, 0.15) is 65.2 Å². The van der Waals surface area contributed by atoms with Gasteiger partial charge in [-0.05, 0) is 50.9 Å². The quantitative estimate of drug-likeness (QED) is 0.734. The van der Waals surface area contributed by atoms with Gasteiger partial charge in [-0.3, -0.25) is 9.59 Å². The van der Waals surface area contributed by atoms with Crippen molar-refractivity contribution in [2.75, 3.05) is 6.61 Å². The van der Waals surface area contributed by atoms with Gasteiger partial charge in [-0.1, -0.05) is 13.3 Å². The van der Waals surface area contributed by atoms with E-state index in [9.17, 15) is 9.59 Å². The van der Waals surface area contributed by atoms with Crippen molar-refractivity contribution in [2.24, 2.45) is 17.3 Å². The highest BCUT2D eigenvalue weighted by molar-refractivity contribution is 5.82. The molecule has 2 saturated carbocycles. The third-order valence-corrected chi connectivity index (χ3v) is 5.14. The molecule has 108 valence electrons. The van der Waals surface area contributed by atoms with Crippen LogP contribution < -0.4 is 0 Å². The lowest BCUT2D eigenvalue weighted by atomic mass is 9.61. The number of Topliss-reactive ketones (excluding diaryl/α,β-unsaturated/α-hetero) is 1. The van der Waals surface area contributed by atoms with Gasteiger partial charge in [0.15, 0.2) is 0 Å². The fourth-order valence-corrected chi connectivity index (χ4v) is 3.84. The van der Waals surface area contributed by atoms with Crippen molar-refractivity contribution in [1.29, 1.82) is 0 Å². The summed E-state index contributed by atoms with van der Waals surface area (Å²) in [7, 11) is 0. The molecule has 19 heavy (non-hydrogen) atoms. The Morgan fingerprint density at radius 2 is 1.95 bits per heavy atom. The van der Waals surface area contributed by atoms with Crippen molar-refractivity contribution in [3.8, 4) is 0 Å². The minimum Gasteiger partial charge on any atom is -0.466 e. The van der Waals surface area contributed by atoms with E-state index < -0.39 is 0 Å². The molecule has 0 spiro atoms. The normalized spacial score (nSPS) is 36.0. The highest BCUT2D eigenvalue weighted by atomic mass is 16.5. The predicted molar refractivity (Wildman–Crippen MR) is 73.7 cm³/mol. The van der Waals surface area contributed by atoms with Crippen molar-refractivity contribution >= 4 is 11.8 Å². The van der Waals surface area contributed by atoms with Gasteiger partial charge in [-0.15, -0.1) is 0 Å². The van der Waals surface area contributed by atoms with Crippen molar-refractivity contribution in [3.63, 3.8) is 0 Å². The third kappa shape index (κ3) is 3.18. The fourth-order valence-electron chi connectivity index (χ4n) is 3.84. The Morgan fingerprint density at radius 3 is 2.53 bits per heavy atom. The van der Waals surface area contributed by atoms with Crippen LogP contribution in [-0.4, -0.2) is 18.4 Å². The molecular weight excluding hydrogens is 240 g/mol. The molecule has 0 aliphatic heterocycles. The van der Waals surface area contributed by atoms with E-state index in [0.29, 0.717) is 12.4 Å². The second-order valence-corrected chi connectivity index (χ2v) is 6.45. The zero-order valence-electron chi connectivity index (χ0n) is 12.2. The van der Waals surface area contributed by atoms with Gasteiger partial charge < -0.3 is 4.74 Å². The molecule has 0 bridgehead atoms. The molecule has 0 heterocycles. The Labute approximate surface area is 116 Å². The number of rotatable bonds is 3. The highest BCUT2D eigenvalue weighted by Gasteiger charge is 2.43. The number of hydrogen-bond donors (Lipinski definition) is 0. The molecule has 2 aliphatic carbocycles. The lowest BCUT2D eigenvalue weighted by Gasteiger charge is -2.43. The lowest BCUT2D eigenvalue weighted by molar-refractivity contribution is -0.150. The molecule has 0 saturated heterocycles. The summed E-state index contributed by atoms with van der Waals surface area (Å²) in [5.74, 6) is 0.721. The van der Waals surface area contributed by atoms with Crippen molar-refractivity contribution in [1.82, 2.24) is 0 Å². The number of carbonyl (C=O) groups is 2. The molecule has 0 amide bonds. The number of carbonyl (C=O) groups excluding carboxylic acids is 2. The molecule has 0 aromatic rings. The van der Waals surface area contributed by atoms with Gasteiger partial charge in [0.25, 0.3) is 0 Å². The first-order valence-corrected chi connectivity index (χ1v) is 7.76. The van der Waals surface area contributed by atoms with Crippen LogP contribution in [0.4, 0.5) is 0 Å². The topological polar surface area (TPSA) is 43.4 Å². The van der Waals surface area contributed by atoms with Crippen LogP contribution in [-0.2, 0) is 14.3 Å². The first-order valence-electron chi connectivity index (χ1n) is 7.76. The Kier molecular flexibility index (Phi) is 4.64. The molecule has 1 atom stereocenters. The minimum absolute atomic E-state index is 0.0421. The zero-order chi connectivity index (χ0) is 13.9. The van der Waals surface area contributed by atoms with Crippen molar-refractivity contribution < 1.29 is 14.3 Å². The number of esters is 1. The van der Waals surface area contributed by atoms with E-state index in [2.05, 4.69) is 6.92 Å². The summed E-state index contributed by atoms with van der Waals surface area (Å²) >= 11 is 0. The molecule has 0 N–H and O–H groups in total. The predicted octanol–water partition coefficient (Wildman–Crippen LogP) is 3.51. The van der Waals surface area contributed by atoms with Crippen LogP contribution in [0.5, 0.6) is 0 Å². The third-order valence-electron chi connectivity index (χ3n) is 5.14. The first kappa shape index (κ1) is 14.5. The monoisotopic (exact) mass is 266 g/mol. The Hall–Kier alpha value is -0.860. The maximum atomic E-state index is 12.1. The zero-order valence-corrected chi connectivity index (χ0v) is 12.2. The molecule has 2 rings (SSSR count). The van der Waals surface area contributed by atoms with Crippen molar-refractivity contribution in [3.05, 3.63) is 0 Å². The van der Waals surface area contributed by atoms with Gasteiger partial charge in [0.05, 0.1) is 12.5 Å². The SMILES string of the molecule is CCOC(=O)C1CCC(C)(C2CCCCC2=O)CC1. The van der Waals surface area contributed by atoms with E-state index in [-0.39, 0.29) is 23.2 Å². The number of ketones is 1. The summed E-state index contributed by atoms with van der Waals surface area (Å²) in [6.07, 6.45) is 7.84. The summed E-state index contributed by atoms with van der Waals surface area (Å²) in [6, 6.07) is 0. The second kappa shape index (κ2) is 6.06. The van der Waals surface area contributed by atoms with Gasteiger partial charge in [-0.25, -0.2) is 0 Å². The smallest absolute Gasteiger partial charge is 0.308 e. The van der Waals surface area contributed by atoms with Crippen LogP contribution in [0.15, 0.2) is 0 Å². The summed E-state index contributed by atoms with van der Waals surface area (Å²) in [5.41, 5.74) is 0.125. The maximum absolute atomic E-state index is 12.1. The van der Waals surface area contributed by atoms with Gasteiger partial charge in [0.1, 0.15) is 5.78 Å². The highest BCUT2D eigenvalue weighted by Crippen LogP contribution is 2.48. The standard InChI is InChI=1S/C16H26O3/c1-3-19-15(18)12-8-10-16(2,11-9-12)13-6-4-5-7-14(13)17/h12-13H,3-11H2,1-2H3. The van der Waals surface area contributed by atoms with Crippen LogP contribution in [0.25, 0.3) is 0 Å². The van der Waals surface area contributed by atoms with Gasteiger partial charge in [0, 0.05) is 12.3 Å². The Morgan fingerprint density at radius 1 is 1.26 bits per heavy atom. The van der Waals surface area contributed by atoms with Crippen LogP contribution >= 0.6 is 0 Å². The molecule has 0 radical (unpaired) electrons. The van der Waals surface area contributed by atoms with E-state index in [1.54, 1.807) is 0 Å². The Balaban J connectivity index is 1.93. The van der Waals surface area contributed by atoms with E-state index in [1.807, 2.05) is 6.92 Å². The average Bonchev–Trinajstić information content (AvgIpc) is 2.40. The number of ether oxygens (including phenoxy) is 1. The van der Waals surface area contributed by atoms with Crippen LogP contribution in [0.3, 0.4) is 0 Å². The largest absolute Gasteiger partial charge is 0.466 e. The Bertz CT molecular complexity index is 340. The average molecular weight is 266 g/mol. The molecule has 1 unspecified atom stereocenters. The van der Waals surface area contributed by atoms with E-state index in [4.69, 9.17) is 4.74 Å².